The highest BCUT2D eigenvalue weighted by atomic mass is 19.1. The maximum absolute atomic E-state index is 13.9. The predicted octanol–water partition coefficient (Wildman–Crippen LogP) is 4.12. The van der Waals surface area contributed by atoms with Crippen molar-refractivity contribution in [1.82, 2.24) is 9.38 Å². The van der Waals surface area contributed by atoms with Gasteiger partial charge in [0.1, 0.15) is 11.6 Å². The average molecular weight is 392 g/mol. The van der Waals surface area contributed by atoms with Crippen molar-refractivity contribution in [3.8, 4) is 0 Å². The Labute approximate surface area is 163 Å². The molecule has 0 aliphatic carbocycles. The first kappa shape index (κ1) is 18.3. The number of imidazole rings is 1. The van der Waals surface area contributed by atoms with E-state index in [2.05, 4.69) is 15.6 Å². The molecule has 8 heteroatoms. The van der Waals surface area contributed by atoms with Gasteiger partial charge in [0.2, 0.25) is 5.82 Å². The molecule has 0 unspecified atom stereocenters. The van der Waals surface area contributed by atoms with Crippen LogP contribution in [0, 0.1) is 11.6 Å². The molecule has 4 aromatic rings. The van der Waals surface area contributed by atoms with Gasteiger partial charge in [-0.3, -0.25) is 14.0 Å². The summed E-state index contributed by atoms with van der Waals surface area (Å²) in [4.78, 5) is 29.5. The van der Waals surface area contributed by atoms with Gasteiger partial charge in [-0.05, 0) is 48.5 Å². The van der Waals surface area contributed by atoms with Crippen LogP contribution in [0.15, 0.2) is 72.9 Å². The van der Waals surface area contributed by atoms with Crippen LogP contribution in [0.1, 0.15) is 21.1 Å². The Kier molecular flexibility index (Phi) is 4.74. The molecule has 0 saturated carbocycles. The molecule has 2 N–H and O–H groups in total. The molecule has 0 aliphatic rings. The third-order valence-electron chi connectivity index (χ3n) is 4.19. The minimum Gasteiger partial charge on any atom is -0.319 e. The number of hydrogen-bond acceptors (Lipinski definition) is 3. The standard InChI is InChI=1S/C21H14F2N4O2/c22-13-8-10-14(11-9-13)24-21(29)19-26-18(17-7-3-4-12-27(17)19)20(28)25-16-6-2-1-5-15(16)23/h1-12H,(H,24,29)(H,25,28). The summed E-state index contributed by atoms with van der Waals surface area (Å²) in [7, 11) is 0. The summed E-state index contributed by atoms with van der Waals surface area (Å²) in [6, 6.07) is 16.0. The first-order chi connectivity index (χ1) is 14.0. The summed E-state index contributed by atoms with van der Waals surface area (Å²) in [5, 5.41) is 5.07. The zero-order valence-corrected chi connectivity index (χ0v) is 14.9. The van der Waals surface area contributed by atoms with Crippen molar-refractivity contribution in [2.75, 3.05) is 10.6 Å². The molecule has 0 aliphatic heterocycles. The minimum atomic E-state index is -0.653. The van der Waals surface area contributed by atoms with Crippen molar-refractivity contribution in [3.05, 3.63) is 96.1 Å². The van der Waals surface area contributed by atoms with Crippen LogP contribution >= 0.6 is 0 Å². The maximum atomic E-state index is 13.9. The van der Waals surface area contributed by atoms with E-state index in [0.29, 0.717) is 11.2 Å². The number of rotatable bonds is 4. The molecule has 0 radical (unpaired) electrons. The zero-order valence-electron chi connectivity index (χ0n) is 14.9. The van der Waals surface area contributed by atoms with E-state index in [0.717, 1.165) is 0 Å². The molecule has 6 nitrogen and oxygen atoms in total. The van der Waals surface area contributed by atoms with Crippen molar-refractivity contribution in [3.63, 3.8) is 0 Å². The second-order valence-corrected chi connectivity index (χ2v) is 6.13. The summed E-state index contributed by atoms with van der Waals surface area (Å²) in [5.41, 5.74) is 0.733. The van der Waals surface area contributed by atoms with Gasteiger partial charge >= 0.3 is 0 Å². The number of halogens is 2. The number of hydrogen-bond donors (Lipinski definition) is 2. The van der Waals surface area contributed by atoms with E-state index >= 15 is 0 Å². The van der Waals surface area contributed by atoms with Crippen LogP contribution in [0.2, 0.25) is 0 Å². The molecule has 0 atom stereocenters. The average Bonchev–Trinajstić information content (AvgIpc) is 3.11. The summed E-state index contributed by atoms with van der Waals surface area (Å²) >= 11 is 0. The number of amides is 2. The fourth-order valence-electron chi connectivity index (χ4n) is 2.83. The highest BCUT2D eigenvalue weighted by molar-refractivity contribution is 6.10. The highest BCUT2D eigenvalue weighted by Crippen LogP contribution is 2.19. The Balaban J connectivity index is 1.67. The smallest absolute Gasteiger partial charge is 0.292 e. The fraction of sp³-hybridized carbons (Fsp3) is 0. The van der Waals surface area contributed by atoms with Crippen molar-refractivity contribution in [2.45, 2.75) is 0 Å². The van der Waals surface area contributed by atoms with E-state index in [1.54, 1.807) is 30.5 Å². The number of anilines is 2. The fourth-order valence-corrected chi connectivity index (χ4v) is 2.83. The van der Waals surface area contributed by atoms with Crippen LogP contribution in [0.25, 0.3) is 5.52 Å². The Morgan fingerprint density at radius 3 is 2.31 bits per heavy atom. The number of carbonyl (C=O) groups excluding carboxylic acids is 2. The molecule has 29 heavy (non-hydrogen) atoms. The normalized spacial score (nSPS) is 10.7. The number of nitrogens with zero attached hydrogens (tertiary/aromatic N) is 2. The van der Waals surface area contributed by atoms with E-state index in [1.807, 2.05) is 0 Å². The van der Waals surface area contributed by atoms with Crippen LogP contribution in [-0.4, -0.2) is 21.2 Å². The lowest BCUT2D eigenvalue weighted by Crippen LogP contribution is -2.16. The quantitative estimate of drug-likeness (QED) is 0.549. The third-order valence-corrected chi connectivity index (χ3v) is 4.19. The first-order valence-electron chi connectivity index (χ1n) is 8.63. The lowest BCUT2D eigenvalue weighted by atomic mass is 10.2. The van der Waals surface area contributed by atoms with Crippen LogP contribution in [0.4, 0.5) is 20.2 Å². The topological polar surface area (TPSA) is 75.5 Å². The number of nitrogens with one attached hydrogen (secondary N) is 2. The summed E-state index contributed by atoms with van der Waals surface area (Å²) in [6.45, 7) is 0. The van der Waals surface area contributed by atoms with Crippen LogP contribution in [0.3, 0.4) is 0 Å². The molecule has 2 aromatic carbocycles. The number of para-hydroxylation sites is 1. The third kappa shape index (κ3) is 3.68. The van der Waals surface area contributed by atoms with Gasteiger partial charge in [-0.2, -0.15) is 0 Å². The molecule has 4 rings (SSSR count). The molecule has 2 heterocycles. The van der Waals surface area contributed by atoms with E-state index in [9.17, 15) is 18.4 Å². The summed E-state index contributed by atoms with van der Waals surface area (Å²) in [6.07, 6.45) is 1.59. The van der Waals surface area contributed by atoms with Crippen molar-refractivity contribution in [1.29, 1.82) is 0 Å². The molecular weight excluding hydrogens is 378 g/mol. The second-order valence-electron chi connectivity index (χ2n) is 6.13. The molecule has 2 aromatic heterocycles. The lowest BCUT2D eigenvalue weighted by Gasteiger charge is -2.04. The monoisotopic (exact) mass is 392 g/mol. The van der Waals surface area contributed by atoms with Crippen molar-refractivity contribution < 1.29 is 18.4 Å². The molecule has 0 spiro atoms. The molecule has 2 amide bonds. The van der Waals surface area contributed by atoms with Gasteiger partial charge in [-0.15, -0.1) is 0 Å². The number of aromatic nitrogens is 2. The van der Waals surface area contributed by atoms with Crippen LogP contribution in [-0.2, 0) is 0 Å². The highest BCUT2D eigenvalue weighted by Gasteiger charge is 2.22. The van der Waals surface area contributed by atoms with Gasteiger partial charge in [0, 0.05) is 11.9 Å². The van der Waals surface area contributed by atoms with Gasteiger partial charge in [-0.1, -0.05) is 18.2 Å². The van der Waals surface area contributed by atoms with Gasteiger partial charge in [0.15, 0.2) is 5.69 Å². The van der Waals surface area contributed by atoms with Crippen LogP contribution < -0.4 is 10.6 Å². The molecule has 0 saturated heterocycles. The first-order valence-corrected chi connectivity index (χ1v) is 8.63. The molecule has 0 fully saturated rings. The number of carbonyl (C=O) groups is 2. The Morgan fingerprint density at radius 1 is 0.828 bits per heavy atom. The van der Waals surface area contributed by atoms with Gasteiger partial charge in [-0.25, -0.2) is 13.8 Å². The van der Waals surface area contributed by atoms with E-state index in [4.69, 9.17) is 0 Å². The summed E-state index contributed by atoms with van der Waals surface area (Å²) in [5.74, 6) is -2.29. The lowest BCUT2D eigenvalue weighted by molar-refractivity contribution is 0.101. The van der Waals surface area contributed by atoms with Gasteiger partial charge < -0.3 is 10.6 Å². The molecule has 144 valence electrons. The predicted molar refractivity (Wildman–Crippen MR) is 104 cm³/mol. The van der Waals surface area contributed by atoms with Gasteiger partial charge in [0.25, 0.3) is 11.8 Å². The summed E-state index contributed by atoms with van der Waals surface area (Å²) < 4.78 is 28.4. The molecule has 0 bridgehead atoms. The van der Waals surface area contributed by atoms with Crippen LogP contribution in [0.5, 0.6) is 0 Å². The van der Waals surface area contributed by atoms with Gasteiger partial charge in [0.05, 0.1) is 11.2 Å². The second kappa shape index (κ2) is 7.51. The largest absolute Gasteiger partial charge is 0.319 e. The molecular formula is C21H14F2N4O2. The number of fused-ring (bicyclic) bond motifs is 1. The minimum absolute atomic E-state index is 0.00638. The Bertz CT molecular complexity index is 1220. The Hall–Kier alpha value is -4.07. The van der Waals surface area contributed by atoms with E-state index < -0.39 is 23.4 Å². The van der Waals surface area contributed by atoms with Crippen molar-refractivity contribution in [2.24, 2.45) is 0 Å². The maximum Gasteiger partial charge on any atom is 0.292 e. The number of benzene rings is 2. The zero-order chi connectivity index (χ0) is 20.4. The number of pyridine rings is 1. The Morgan fingerprint density at radius 2 is 1.55 bits per heavy atom. The SMILES string of the molecule is O=C(Nc1ccccc1F)c1nc(C(=O)Nc2ccc(F)cc2)n2ccccc12. The van der Waals surface area contributed by atoms with E-state index in [-0.39, 0.29) is 17.2 Å². The van der Waals surface area contributed by atoms with E-state index in [1.165, 1.54) is 46.9 Å². The van der Waals surface area contributed by atoms with Crippen molar-refractivity contribution >= 4 is 28.7 Å².